The minimum absolute atomic E-state index is 0.129. The fraction of sp³-hybridized carbons (Fsp3) is 0.917. The molecule has 1 rings (SSSR count). The number of carbonyl (C=O) groups excluding carboxylic acids is 1. The van der Waals surface area contributed by atoms with Crippen molar-refractivity contribution >= 4 is 5.91 Å². The van der Waals surface area contributed by atoms with E-state index < -0.39 is 0 Å². The molecule has 0 heterocycles. The van der Waals surface area contributed by atoms with E-state index in [1.165, 1.54) is 12.8 Å². The van der Waals surface area contributed by atoms with Gasteiger partial charge in [0.15, 0.2) is 0 Å². The Morgan fingerprint density at radius 2 is 2.12 bits per heavy atom. The van der Waals surface area contributed by atoms with Gasteiger partial charge in [0.05, 0.1) is 6.54 Å². The Kier molecular flexibility index (Phi) is 7.17. The second kappa shape index (κ2) is 8.53. The highest BCUT2D eigenvalue weighted by Gasteiger charge is 2.21. The molecular weight excluding hydrogens is 204 g/mol. The first-order valence-corrected chi connectivity index (χ1v) is 6.29. The topological polar surface area (TPSA) is 50.4 Å². The lowest BCUT2D eigenvalue weighted by atomic mass is 10.2. The number of methoxy groups -OCH3 is 1. The van der Waals surface area contributed by atoms with Crippen LogP contribution in [0.1, 0.15) is 32.1 Å². The Balaban J connectivity index is 1.76. The van der Waals surface area contributed by atoms with Crippen LogP contribution in [-0.2, 0) is 9.53 Å². The predicted molar refractivity (Wildman–Crippen MR) is 64.3 cm³/mol. The minimum Gasteiger partial charge on any atom is -0.385 e. The Bertz CT molecular complexity index is 193. The lowest BCUT2D eigenvalue weighted by Gasteiger charge is -2.05. The molecule has 0 aromatic rings. The largest absolute Gasteiger partial charge is 0.385 e. The average Bonchev–Trinajstić information content (AvgIpc) is 3.09. The summed E-state index contributed by atoms with van der Waals surface area (Å²) in [6.45, 7) is 3.08. The molecule has 0 saturated heterocycles. The molecule has 1 amide bonds. The fourth-order valence-electron chi connectivity index (χ4n) is 1.52. The first-order chi connectivity index (χ1) is 7.83. The minimum atomic E-state index is 0.129. The van der Waals surface area contributed by atoms with E-state index in [0.29, 0.717) is 6.54 Å². The molecule has 0 aliphatic heterocycles. The van der Waals surface area contributed by atoms with E-state index in [1.807, 2.05) is 0 Å². The number of ether oxygens (including phenoxy) is 1. The fourth-order valence-corrected chi connectivity index (χ4v) is 1.52. The van der Waals surface area contributed by atoms with E-state index in [0.717, 1.165) is 44.9 Å². The van der Waals surface area contributed by atoms with Crippen molar-refractivity contribution in [1.82, 2.24) is 10.6 Å². The second-order valence-corrected chi connectivity index (χ2v) is 4.48. The van der Waals surface area contributed by atoms with Gasteiger partial charge in [-0.25, -0.2) is 0 Å². The van der Waals surface area contributed by atoms with Crippen LogP contribution in [0.4, 0.5) is 0 Å². The molecule has 4 heteroatoms. The number of hydrogen-bond donors (Lipinski definition) is 2. The third-order valence-corrected chi connectivity index (χ3v) is 2.77. The van der Waals surface area contributed by atoms with Crippen LogP contribution in [0.5, 0.6) is 0 Å². The van der Waals surface area contributed by atoms with Crippen LogP contribution in [0.3, 0.4) is 0 Å². The summed E-state index contributed by atoms with van der Waals surface area (Å²) in [7, 11) is 1.72. The Morgan fingerprint density at radius 1 is 1.31 bits per heavy atom. The normalized spacial score (nSPS) is 15.1. The number of carbonyl (C=O) groups is 1. The van der Waals surface area contributed by atoms with Crippen molar-refractivity contribution in [2.45, 2.75) is 32.1 Å². The van der Waals surface area contributed by atoms with Crippen LogP contribution in [0.25, 0.3) is 0 Å². The van der Waals surface area contributed by atoms with E-state index in [9.17, 15) is 4.79 Å². The summed E-state index contributed by atoms with van der Waals surface area (Å²) in [5, 5.41) is 6.09. The Morgan fingerprint density at radius 3 is 2.81 bits per heavy atom. The molecular formula is C12H24N2O2. The van der Waals surface area contributed by atoms with Crippen molar-refractivity contribution < 1.29 is 9.53 Å². The maximum absolute atomic E-state index is 11.3. The highest BCUT2D eigenvalue weighted by Crippen LogP contribution is 2.27. The first-order valence-electron chi connectivity index (χ1n) is 6.29. The average molecular weight is 228 g/mol. The van der Waals surface area contributed by atoms with Gasteiger partial charge in [0.25, 0.3) is 0 Å². The molecule has 16 heavy (non-hydrogen) atoms. The van der Waals surface area contributed by atoms with Gasteiger partial charge in [0.1, 0.15) is 0 Å². The van der Waals surface area contributed by atoms with E-state index >= 15 is 0 Å². The van der Waals surface area contributed by atoms with Crippen molar-refractivity contribution in [2.75, 3.05) is 33.4 Å². The summed E-state index contributed by atoms with van der Waals surface area (Å²) in [6.07, 6.45) is 5.94. The van der Waals surface area contributed by atoms with E-state index in [-0.39, 0.29) is 5.91 Å². The molecule has 1 fully saturated rings. The summed E-state index contributed by atoms with van der Waals surface area (Å²) in [5.41, 5.74) is 0. The zero-order valence-electron chi connectivity index (χ0n) is 10.3. The number of nitrogens with one attached hydrogen (secondary N) is 2. The van der Waals surface area contributed by atoms with E-state index in [4.69, 9.17) is 4.74 Å². The van der Waals surface area contributed by atoms with Crippen molar-refractivity contribution in [1.29, 1.82) is 0 Å². The van der Waals surface area contributed by atoms with Crippen LogP contribution >= 0.6 is 0 Å². The van der Waals surface area contributed by atoms with Crippen LogP contribution in [0.2, 0.25) is 0 Å². The van der Waals surface area contributed by atoms with E-state index in [1.54, 1.807) is 7.11 Å². The Hall–Kier alpha value is -0.610. The van der Waals surface area contributed by atoms with Gasteiger partial charge in [0.2, 0.25) is 5.91 Å². The third-order valence-electron chi connectivity index (χ3n) is 2.77. The summed E-state index contributed by atoms with van der Waals surface area (Å²) in [4.78, 5) is 11.3. The van der Waals surface area contributed by atoms with Crippen molar-refractivity contribution in [3.63, 3.8) is 0 Å². The van der Waals surface area contributed by atoms with Gasteiger partial charge in [-0.2, -0.15) is 0 Å². The number of amides is 1. The van der Waals surface area contributed by atoms with Crippen molar-refractivity contribution in [2.24, 2.45) is 5.92 Å². The zero-order valence-corrected chi connectivity index (χ0v) is 10.3. The smallest absolute Gasteiger partial charge is 0.233 e. The van der Waals surface area contributed by atoms with Gasteiger partial charge in [-0.15, -0.1) is 0 Å². The predicted octanol–water partition coefficient (Wildman–Crippen LogP) is 0.919. The molecule has 0 radical (unpaired) electrons. The van der Waals surface area contributed by atoms with Gasteiger partial charge < -0.3 is 15.4 Å². The highest BCUT2D eigenvalue weighted by atomic mass is 16.5. The monoisotopic (exact) mass is 228 g/mol. The molecule has 2 N–H and O–H groups in total. The molecule has 0 unspecified atom stereocenters. The molecule has 94 valence electrons. The van der Waals surface area contributed by atoms with Crippen LogP contribution in [0.15, 0.2) is 0 Å². The third kappa shape index (κ3) is 7.65. The zero-order chi connectivity index (χ0) is 11.6. The summed E-state index contributed by atoms with van der Waals surface area (Å²) < 4.78 is 4.96. The lowest BCUT2D eigenvalue weighted by Crippen LogP contribution is -2.35. The van der Waals surface area contributed by atoms with Crippen molar-refractivity contribution in [3.8, 4) is 0 Å². The van der Waals surface area contributed by atoms with Gasteiger partial charge in [-0.05, 0) is 44.6 Å². The summed E-state index contributed by atoms with van der Waals surface area (Å²) in [5.74, 6) is 0.891. The molecule has 1 saturated carbocycles. The summed E-state index contributed by atoms with van der Waals surface area (Å²) >= 11 is 0. The van der Waals surface area contributed by atoms with Crippen LogP contribution < -0.4 is 10.6 Å². The first kappa shape index (κ1) is 13.5. The molecule has 0 bridgehead atoms. The molecule has 4 nitrogen and oxygen atoms in total. The van der Waals surface area contributed by atoms with E-state index in [2.05, 4.69) is 10.6 Å². The maximum atomic E-state index is 11.3. The lowest BCUT2D eigenvalue weighted by molar-refractivity contribution is -0.120. The highest BCUT2D eigenvalue weighted by molar-refractivity contribution is 5.77. The molecule has 1 aliphatic carbocycles. The summed E-state index contributed by atoms with van der Waals surface area (Å²) in [6, 6.07) is 0. The second-order valence-electron chi connectivity index (χ2n) is 4.48. The van der Waals surface area contributed by atoms with Crippen molar-refractivity contribution in [3.05, 3.63) is 0 Å². The van der Waals surface area contributed by atoms with Crippen LogP contribution in [-0.4, -0.2) is 39.3 Å². The standard InChI is InChI=1S/C12H24N2O2/c1-16-8-4-2-3-7-13-10-12(15)14-9-11-5-6-11/h11,13H,2-10H2,1H3,(H,14,15). The number of rotatable bonds is 10. The quantitative estimate of drug-likeness (QED) is 0.547. The molecule has 0 atom stereocenters. The van der Waals surface area contributed by atoms with Crippen LogP contribution in [0, 0.1) is 5.92 Å². The SMILES string of the molecule is COCCCCCNCC(=O)NCC1CC1. The number of unbranched alkanes of at least 4 members (excludes halogenated alkanes) is 2. The number of hydrogen-bond acceptors (Lipinski definition) is 3. The van der Waals surface area contributed by atoms with Gasteiger partial charge in [-0.1, -0.05) is 0 Å². The van der Waals surface area contributed by atoms with Gasteiger partial charge in [-0.3, -0.25) is 4.79 Å². The van der Waals surface area contributed by atoms with Gasteiger partial charge in [0, 0.05) is 20.3 Å². The molecule has 1 aliphatic rings. The maximum Gasteiger partial charge on any atom is 0.233 e. The molecule has 0 aromatic heterocycles. The molecule has 0 aromatic carbocycles. The Labute approximate surface area is 98.1 Å². The van der Waals surface area contributed by atoms with Gasteiger partial charge >= 0.3 is 0 Å². The molecule has 0 spiro atoms.